The van der Waals surface area contributed by atoms with Crippen LogP contribution in [0.15, 0.2) is 23.7 Å². The van der Waals surface area contributed by atoms with E-state index in [0.29, 0.717) is 0 Å². The van der Waals surface area contributed by atoms with Gasteiger partial charge in [-0.15, -0.1) is 11.3 Å². The van der Waals surface area contributed by atoms with Crippen molar-refractivity contribution in [2.75, 3.05) is 6.61 Å². The van der Waals surface area contributed by atoms with Crippen molar-refractivity contribution >= 4 is 11.3 Å². The van der Waals surface area contributed by atoms with E-state index in [1.807, 2.05) is 12.3 Å². The van der Waals surface area contributed by atoms with Crippen LogP contribution in [0.25, 0.3) is 10.6 Å². The number of nitrogens with one attached hydrogen (secondary N) is 2. The van der Waals surface area contributed by atoms with Gasteiger partial charge < -0.3 is 10.4 Å². The topological polar surface area (TPSA) is 60.9 Å². The molecular formula is C14H19N3OS. The monoisotopic (exact) mass is 277 g/mol. The van der Waals surface area contributed by atoms with Gasteiger partial charge >= 0.3 is 0 Å². The molecule has 102 valence electrons. The lowest BCUT2D eigenvalue weighted by molar-refractivity contribution is 0.163. The molecule has 4 nitrogen and oxygen atoms in total. The van der Waals surface area contributed by atoms with Gasteiger partial charge in [0.15, 0.2) is 0 Å². The number of hydrogen-bond donors (Lipinski definition) is 3. The fraction of sp³-hybridized carbons (Fsp3) is 0.500. The van der Waals surface area contributed by atoms with Crippen LogP contribution in [-0.2, 0) is 6.54 Å². The molecule has 1 saturated carbocycles. The maximum atomic E-state index is 9.61. The fourth-order valence-corrected chi connectivity index (χ4v) is 3.56. The van der Waals surface area contributed by atoms with Gasteiger partial charge in [-0.3, -0.25) is 5.10 Å². The van der Waals surface area contributed by atoms with Crippen LogP contribution in [0, 0.1) is 0 Å². The van der Waals surface area contributed by atoms with Crippen LogP contribution in [0.1, 0.15) is 31.2 Å². The van der Waals surface area contributed by atoms with Crippen molar-refractivity contribution in [2.24, 2.45) is 0 Å². The Morgan fingerprint density at radius 3 is 2.95 bits per heavy atom. The molecule has 0 unspecified atom stereocenters. The zero-order valence-electron chi connectivity index (χ0n) is 10.9. The van der Waals surface area contributed by atoms with Crippen LogP contribution in [0.2, 0.25) is 0 Å². The van der Waals surface area contributed by atoms with Gasteiger partial charge in [-0.25, -0.2) is 0 Å². The SMILES string of the molecule is OCC1(NCc2cn[nH]c2-c2cccs2)CCCC1. The minimum Gasteiger partial charge on any atom is -0.394 e. The number of aliphatic hydroxyl groups excluding tert-OH is 1. The fourth-order valence-electron chi connectivity index (χ4n) is 2.80. The summed E-state index contributed by atoms with van der Waals surface area (Å²) in [5.41, 5.74) is 2.18. The molecule has 0 bridgehead atoms. The Morgan fingerprint density at radius 2 is 2.26 bits per heavy atom. The van der Waals surface area contributed by atoms with Crippen molar-refractivity contribution in [2.45, 2.75) is 37.8 Å². The predicted molar refractivity (Wildman–Crippen MR) is 77.0 cm³/mol. The first-order valence-corrected chi connectivity index (χ1v) is 7.63. The van der Waals surface area contributed by atoms with Gasteiger partial charge in [0.2, 0.25) is 0 Å². The standard InChI is InChI=1S/C14H19N3OS/c18-10-14(5-1-2-6-14)15-8-11-9-16-17-13(11)12-4-3-7-19-12/h3-4,7,9,15,18H,1-2,5-6,8,10H2,(H,16,17). The number of aromatic nitrogens is 2. The molecule has 0 atom stereocenters. The van der Waals surface area contributed by atoms with Crippen LogP contribution in [-0.4, -0.2) is 27.4 Å². The summed E-state index contributed by atoms with van der Waals surface area (Å²) in [5, 5.41) is 22.5. The predicted octanol–water partition coefficient (Wildman–Crippen LogP) is 2.53. The molecule has 0 radical (unpaired) electrons. The first kappa shape index (κ1) is 12.8. The molecule has 0 amide bonds. The van der Waals surface area contributed by atoms with Crippen molar-refractivity contribution < 1.29 is 5.11 Å². The smallest absolute Gasteiger partial charge is 0.0794 e. The molecule has 0 aliphatic heterocycles. The van der Waals surface area contributed by atoms with Crippen molar-refractivity contribution in [1.82, 2.24) is 15.5 Å². The average molecular weight is 277 g/mol. The summed E-state index contributed by atoms with van der Waals surface area (Å²) in [5.74, 6) is 0. The zero-order chi connectivity index (χ0) is 13.1. The first-order valence-electron chi connectivity index (χ1n) is 6.75. The minimum atomic E-state index is -0.0794. The number of nitrogens with zero attached hydrogens (tertiary/aromatic N) is 1. The number of thiophene rings is 1. The quantitative estimate of drug-likeness (QED) is 0.787. The number of rotatable bonds is 5. The third-order valence-corrected chi connectivity index (χ3v) is 4.89. The van der Waals surface area contributed by atoms with Gasteiger partial charge in [-0.05, 0) is 24.3 Å². The first-order chi connectivity index (χ1) is 9.33. The van der Waals surface area contributed by atoms with Gasteiger partial charge in [-0.2, -0.15) is 5.10 Å². The highest BCUT2D eigenvalue weighted by Gasteiger charge is 2.32. The molecule has 2 aromatic heterocycles. The number of aliphatic hydroxyl groups is 1. The highest BCUT2D eigenvalue weighted by Crippen LogP contribution is 2.31. The molecule has 0 spiro atoms. The third kappa shape index (κ3) is 2.59. The maximum Gasteiger partial charge on any atom is 0.0794 e. The minimum absolute atomic E-state index is 0.0794. The summed E-state index contributed by atoms with van der Waals surface area (Å²) in [4.78, 5) is 1.21. The van der Waals surface area contributed by atoms with Gasteiger partial charge in [0, 0.05) is 17.6 Å². The van der Waals surface area contributed by atoms with Gasteiger partial charge in [0.25, 0.3) is 0 Å². The van der Waals surface area contributed by atoms with E-state index in [1.165, 1.54) is 23.3 Å². The molecular weight excluding hydrogens is 258 g/mol. The van der Waals surface area contributed by atoms with Crippen molar-refractivity contribution in [3.63, 3.8) is 0 Å². The van der Waals surface area contributed by atoms with E-state index >= 15 is 0 Å². The molecule has 0 saturated heterocycles. The van der Waals surface area contributed by atoms with E-state index in [0.717, 1.165) is 25.1 Å². The Morgan fingerprint density at radius 1 is 1.42 bits per heavy atom. The number of H-pyrrole nitrogens is 1. The summed E-state index contributed by atoms with van der Waals surface area (Å²) in [7, 11) is 0. The molecule has 19 heavy (non-hydrogen) atoms. The number of hydrogen-bond acceptors (Lipinski definition) is 4. The van der Waals surface area contributed by atoms with E-state index in [-0.39, 0.29) is 12.1 Å². The normalized spacial score (nSPS) is 17.9. The summed E-state index contributed by atoms with van der Waals surface area (Å²) >= 11 is 1.71. The van der Waals surface area contributed by atoms with Crippen LogP contribution in [0.3, 0.4) is 0 Å². The molecule has 1 fully saturated rings. The van der Waals surface area contributed by atoms with Crippen LogP contribution in [0.5, 0.6) is 0 Å². The Bertz CT molecular complexity index is 515. The second-order valence-electron chi connectivity index (χ2n) is 5.25. The molecule has 3 rings (SSSR count). The third-order valence-electron chi connectivity index (χ3n) is 4.00. The Balaban J connectivity index is 1.72. The molecule has 0 aromatic carbocycles. The molecule has 5 heteroatoms. The van der Waals surface area contributed by atoms with Crippen molar-refractivity contribution in [3.8, 4) is 10.6 Å². The average Bonchev–Trinajstić information content (AvgIpc) is 3.17. The van der Waals surface area contributed by atoms with Gasteiger partial charge in [0.05, 0.1) is 23.4 Å². The molecule has 3 N–H and O–H groups in total. The van der Waals surface area contributed by atoms with Crippen LogP contribution >= 0.6 is 11.3 Å². The molecule has 1 aliphatic rings. The second-order valence-corrected chi connectivity index (χ2v) is 6.19. The van der Waals surface area contributed by atoms with Crippen LogP contribution in [0.4, 0.5) is 0 Å². The lowest BCUT2D eigenvalue weighted by Gasteiger charge is -2.28. The maximum absolute atomic E-state index is 9.61. The van der Waals surface area contributed by atoms with Gasteiger partial charge in [-0.1, -0.05) is 18.9 Å². The summed E-state index contributed by atoms with van der Waals surface area (Å²) in [6, 6.07) is 4.14. The largest absolute Gasteiger partial charge is 0.394 e. The molecule has 1 aliphatic carbocycles. The highest BCUT2D eigenvalue weighted by molar-refractivity contribution is 7.13. The second kappa shape index (κ2) is 5.45. The Kier molecular flexibility index (Phi) is 3.68. The van der Waals surface area contributed by atoms with E-state index in [4.69, 9.17) is 0 Å². The lowest BCUT2D eigenvalue weighted by Crippen LogP contribution is -2.45. The number of aromatic amines is 1. The zero-order valence-corrected chi connectivity index (χ0v) is 11.7. The van der Waals surface area contributed by atoms with Crippen molar-refractivity contribution in [3.05, 3.63) is 29.3 Å². The van der Waals surface area contributed by atoms with E-state index in [1.54, 1.807) is 11.3 Å². The van der Waals surface area contributed by atoms with E-state index < -0.39 is 0 Å². The summed E-state index contributed by atoms with van der Waals surface area (Å²) in [6.45, 7) is 0.976. The van der Waals surface area contributed by atoms with Gasteiger partial charge in [0.1, 0.15) is 0 Å². The molecule has 2 aromatic rings. The van der Waals surface area contributed by atoms with E-state index in [2.05, 4.69) is 27.0 Å². The van der Waals surface area contributed by atoms with Crippen molar-refractivity contribution in [1.29, 1.82) is 0 Å². The highest BCUT2D eigenvalue weighted by atomic mass is 32.1. The molecule has 2 heterocycles. The summed E-state index contributed by atoms with van der Waals surface area (Å²) in [6.07, 6.45) is 6.42. The van der Waals surface area contributed by atoms with E-state index in [9.17, 15) is 5.11 Å². The lowest BCUT2D eigenvalue weighted by atomic mass is 9.98. The van der Waals surface area contributed by atoms with Crippen LogP contribution < -0.4 is 5.32 Å². The Hall–Kier alpha value is -1.17. The Labute approximate surface area is 116 Å². The summed E-state index contributed by atoms with van der Waals surface area (Å²) < 4.78 is 0.